The molecule has 0 aromatic heterocycles. The number of ether oxygens (including phenoxy) is 1. The summed E-state index contributed by atoms with van der Waals surface area (Å²) in [5, 5.41) is 0.779. The van der Waals surface area contributed by atoms with E-state index in [1.165, 1.54) is 18.4 Å². The number of halogens is 2. The Morgan fingerprint density at radius 3 is 2.65 bits per heavy atom. The summed E-state index contributed by atoms with van der Waals surface area (Å²) in [6, 6.07) is 8.01. The van der Waals surface area contributed by atoms with Gasteiger partial charge >= 0.3 is 0 Å². The van der Waals surface area contributed by atoms with Gasteiger partial charge in [-0.3, -0.25) is 0 Å². The SMILES string of the molecule is ClCC(CCC1CCCO1)c1ccc(Cl)cc1. The molecule has 1 saturated heterocycles. The molecule has 17 heavy (non-hydrogen) atoms. The quantitative estimate of drug-likeness (QED) is 0.711. The van der Waals surface area contributed by atoms with Gasteiger partial charge in [0.1, 0.15) is 0 Å². The van der Waals surface area contributed by atoms with Crippen LogP contribution in [-0.4, -0.2) is 18.6 Å². The number of hydrogen-bond acceptors (Lipinski definition) is 1. The Labute approximate surface area is 113 Å². The summed E-state index contributed by atoms with van der Waals surface area (Å²) in [7, 11) is 0. The second kappa shape index (κ2) is 6.63. The van der Waals surface area contributed by atoms with Crippen molar-refractivity contribution in [2.24, 2.45) is 0 Å². The largest absolute Gasteiger partial charge is 0.378 e. The van der Waals surface area contributed by atoms with Gasteiger partial charge in [0.2, 0.25) is 0 Å². The maximum absolute atomic E-state index is 6.05. The monoisotopic (exact) mass is 272 g/mol. The normalized spacial score (nSPS) is 21.6. The minimum Gasteiger partial charge on any atom is -0.378 e. The maximum Gasteiger partial charge on any atom is 0.0576 e. The van der Waals surface area contributed by atoms with Gasteiger partial charge in [0.15, 0.2) is 0 Å². The second-order valence-corrected chi connectivity index (χ2v) is 5.36. The summed E-state index contributed by atoms with van der Waals surface area (Å²) in [4.78, 5) is 0. The van der Waals surface area contributed by atoms with Crippen LogP contribution in [0, 0.1) is 0 Å². The maximum atomic E-state index is 6.05. The molecule has 1 heterocycles. The lowest BCUT2D eigenvalue weighted by Crippen LogP contribution is -2.09. The zero-order valence-electron chi connectivity index (χ0n) is 9.87. The summed E-state index contributed by atoms with van der Waals surface area (Å²) in [5.74, 6) is 1.08. The Bertz CT molecular complexity index is 331. The van der Waals surface area contributed by atoms with Crippen molar-refractivity contribution < 1.29 is 4.74 Å². The molecule has 1 aliphatic heterocycles. The van der Waals surface area contributed by atoms with Crippen LogP contribution < -0.4 is 0 Å². The molecule has 1 nitrogen and oxygen atoms in total. The first-order chi connectivity index (χ1) is 8.29. The standard InChI is InChI=1S/C14H18Cl2O/c15-10-12(5-8-14-2-1-9-17-14)11-3-6-13(16)7-4-11/h3-4,6-7,12,14H,1-2,5,8-10H2. The van der Waals surface area contributed by atoms with Crippen molar-refractivity contribution in [3.63, 3.8) is 0 Å². The highest BCUT2D eigenvalue weighted by Gasteiger charge is 2.18. The summed E-state index contributed by atoms with van der Waals surface area (Å²) >= 11 is 11.9. The fraction of sp³-hybridized carbons (Fsp3) is 0.571. The van der Waals surface area contributed by atoms with E-state index in [9.17, 15) is 0 Å². The lowest BCUT2D eigenvalue weighted by molar-refractivity contribution is 0.101. The van der Waals surface area contributed by atoms with Gasteiger partial charge in [-0.25, -0.2) is 0 Å². The lowest BCUT2D eigenvalue weighted by atomic mass is 9.94. The third kappa shape index (κ3) is 3.87. The van der Waals surface area contributed by atoms with E-state index in [0.717, 1.165) is 24.5 Å². The van der Waals surface area contributed by atoms with E-state index in [1.54, 1.807) is 0 Å². The first-order valence-electron chi connectivity index (χ1n) is 6.22. The van der Waals surface area contributed by atoms with E-state index in [0.29, 0.717) is 17.9 Å². The molecule has 3 heteroatoms. The highest BCUT2D eigenvalue weighted by molar-refractivity contribution is 6.30. The van der Waals surface area contributed by atoms with Gasteiger partial charge in [-0.1, -0.05) is 23.7 Å². The van der Waals surface area contributed by atoms with E-state index in [4.69, 9.17) is 27.9 Å². The Hall–Kier alpha value is -0.240. The molecule has 1 aliphatic rings. The highest BCUT2D eigenvalue weighted by Crippen LogP contribution is 2.27. The summed E-state index contributed by atoms with van der Waals surface area (Å²) in [6.45, 7) is 0.928. The van der Waals surface area contributed by atoms with Crippen LogP contribution in [-0.2, 0) is 4.74 Å². The third-order valence-corrected chi connectivity index (χ3v) is 4.01. The van der Waals surface area contributed by atoms with Crippen molar-refractivity contribution >= 4 is 23.2 Å². The lowest BCUT2D eigenvalue weighted by Gasteiger charge is -2.16. The predicted molar refractivity (Wildman–Crippen MR) is 73.1 cm³/mol. The van der Waals surface area contributed by atoms with Crippen LogP contribution >= 0.6 is 23.2 Å². The smallest absolute Gasteiger partial charge is 0.0576 e. The molecular weight excluding hydrogens is 255 g/mol. The molecule has 1 aromatic rings. The van der Waals surface area contributed by atoms with E-state index in [2.05, 4.69) is 12.1 Å². The van der Waals surface area contributed by atoms with Crippen molar-refractivity contribution in [1.29, 1.82) is 0 Å². The average molecular weight is 273 g/mol. The minimum absolute atomic E-state index is 0.415. The molecule has 0 radical (unpaired) electrons. The molecule has 0 bridgehead atoms. The van der Waals surface area contributed by atoms with Crippen LogP contribution in [0.2, 0.25) is 5.02 Å². The Morgan fingerprint density at radius 1 is 1.29 bits per heavy atom. The molecular formula is C14H18Cl2O. The summed E-state index contributed by atoms with van der Waals surface area (Å²) in [6.07, 6.45) is 5.07. The molecule has 94 valence electrons. The fourth-order valence-electron chi connectivity index (χ4n) is 2.33. The fourth-order valence-corrected chi connectivity index (χ4v) is 2.79. The number of benzene rings is 1. The van der Waals surface area contributed by atoms with Crippen LogP contribution in [0.5, 0.6) is 0 Å². The number of rotatable bonds is 5. The van der Waals surface area contributed by atoms with Crippen molar-refractivity contribution in [2.45, 2.75) is 37.7 Å². The topological polar surface area (TPSA) is 9.23 Å². The molecule has 1 aromatic carbocycles. The van der Waals surface area contributed by atoms with E-state index < -0.39 is 0 Å². The summed E-state index contributed by atoms with van der Waals surface area (Å²) < 4.78 is 5.64. The third-order valence-electron chi connectivity index (χ3n) is 3.39. The van der Waals surface area contributed by atoms with Crippen LogP contribution in [0.1, 0.15) is 37.2 Å². The molecule has 1 fully saturated rings. The van der Waals surface area contributed by atoms with Crippen LogP contribution in [0.4, 0.5) is 0 Å². The van der Waals surface area contributed by atoms with Gasteiger partial charge in [-0.2, -0.15) is 0 Å². The molecule has 0 amide bonds. The number of hydrogen-bond donors (Lipinski definition) is 0. The van der Waals surface area contributed by atoms with E-state index >= 15 is 0 Å². The van der Waals surface area contributed by atoms with Crippen LogP contribution in [0.3, 0.4) is 0 Å². The van der Waals surface area contributed by atoms with Gasteiger partial charge < -0.3 is 4.74 Å². The van der Waals surface area contributed by atoms with Crippen molar-refractivity contribution in [2.75, 3.05) is 12.5 Å². The van der Waals surface area contributed by atoms with Crippen LogP contribution in [0.15, 0.2) is 24.3 Å². The molecule has 2 atom stereocenters. The van der Waals surface area contributed by atoms with Gasteiger partial charge in [0.25, 0.3) is 0 Å². The highest BCUT2D eigenvalue weighted by atomic mass is 35.5. The minimum atomic E-state index is 0.415. The van der Waals surface area contributed by atoms with Crippen molar-refractivity contribution in [1.82, 2.24) is 0 Å². The first-order valence-corrected chi connectivity index (χ1v) is 7.14. The molecule has 0 spiro atoms. The molecule has 2 unspecified atom stereocenters. The second-order valence-electron chi connectivity index (χ2n) is 4.62. The van der Waals surface area contributed by atoms with Gasteiger partial charge in [0, 0.05) is 17.5 Å². The molecule has 0 N–H and O–H groups in total. The number of alkyl halides is 1. The van der Waals surface area contributed by atoms with Gasteiger partial charge in [-0.15, -0.1) is 11.6 Å². The zero-order chi connectivity index (χ0) is 12.1. The molecule has 0 saturated carbocycles. The average Bonchev–Trinajstić information content (AvgIpc) is 2.85. The zero-order valence-corrected chi connectivity index (χ0v) is 11.4. The Morgan fingerprint density at radius 2 is 2.06 bits per heavy atom. The summed E-state index contributed by atoms with van der Waals surface area (Å²) in [5.41, 5.74) is 1.28. The molecule has 0 aliphatic carbocycles. The molecule has 2 rings (SSSR count). The van der Waals surface area contributed by atoms with Crippen molar-refractivity contribution in [3.05, 3.63) is 34.9 Å². The predicted octanol–water partition coefficient (Wildman–Crippen LogP) is 4.62. The van der Waals surface area contributed by atoms with Gasteiger partial charge in [0.05, 0.1) is 6.10 Å². The Balaban J connectivity index is 1.89. The van der Waals surface area contributed by atoms with Crippen LogP contribution in [0.25, 0.3) is 0 Å². The van der Waals surface area contributed by atoms with Gasteiger partial charge in [-0.05, 0) is 49.3 Å². The van der Waals surface area contributed by atoms with E-state index in [-0.39, 0.29) is 0 Å². The van der Waals surface area contributed by atoms with E-state index in [1.807, 2.05) is 12.1 Å². The van der Waals surface area contributed by atoms with Crippen molar-refractivity contribution in [3.8, 4) is 0 Å². The first kappa shape index (κ1) is 13.2. The Kier molecular flexibility index (Phi) is 5.15.